The summed E-state index contributed by atoms with van der Waals surface area (Å²) in [6.45, 7) is 5.74. The van der Waals surface area contributed by atoms with Crippen molar-refractivity contribution in [1.29, 1.82) is 0 Å². The molecule has 0 aliphatic heterocycles. The SMILES string of the molecule is Cc1c(C(=O)NC(Cc2c[nH]c3ccccc23)C(=O)O)cnn1C(C)C. The maximum absolute atomic E-state index is 12.6. The number of benzene rings is 1. The van der Waals surface area contributed by atoms with Crippen molar-refractivity contribution in [1.82, 2.24) is 20.1 Å². The highest BCUT2D eigenvalue weighted by molar-refractivity contribution is 5.97. The van der Waals surface area contributed by atoms with Crippen LogP contribution in [0.4, 0.5) is 0 Å². The summed E-state index contributed by atoms with van der Waals surface area (Å²) in [4.78, 5) is 27.4. The van der Waals surface area contributed by atoms with Crippen molar-refractivity contribution < 1.29 is 14.7 Å². The third-order valence-electron chi connectivity index (χ3n) is 4.48. The van der Waals surface area contributed by atoms with E-state index in [4.69, 9.17) is 0 Å². The van der Waals surface area contributed by atoms with Gasteiger partial charge < -0.3 is 15.4 Å². The molecule has 0 aliphatic carbocycles. The Hall–Kier alpha value is -3.09. The van der Waals surface area contributed by atoms with E-state index in [2.05, 4.69) is 15.4 Å². The maximum Gasteiger partial charge on any atom is 0.326 e. The number of amides is 1. The third kappa shape index (κ3) is 3.33. The number of carbonyl (C=O) groups excluding carboxylic acids is 1. The number of rotatable bonds is 6. The Kier molecular flexibility index (Phi) is 4.79. The molecule has 136 valence electrons. The molecule has 1 atom stereocenters. The van der Waals surface area contributed by atoms with Crippen molar-refractivity contribution >= 4 is 22.8 Å². The molecule has 2 heterocycles. The number of carboxylic acid groups (broad SMARTS) is 1. The van der Waals surface area contributed by atoms with Gasteiger partial charge in [0.05, 0.1) is 11.8 Å². The highest BCUT2D eigenvalue weighted by atomic mass is 16.4. The van der Waals surface area contributed by atoms with Crippen LogP contribution in [0.15, 0.2) is 36.7 Å². The van der Waals surface area contributed by atoms with E-state index >= 15 is 0 Å². The smallest absolute Gasteiger partial charge is 0.326 e. The number of hydrogen-bond acceptors (Lipinski definition) is 3. The normalized spacial score (nSPS) is 12.5. The summed E-state index contributed by atoms with van der Waals surface area (Å²) in [6, 6.07) is 6.77. The zero-order chi connectivity index (χ0) is 18.8. The number of fused-ring (bicyclic) bond motifs is 1. The van der Waals surface area contributed by atoms with Crippen molar-refractivity contribution in [3.05, 3.63) is 53.5 Å². The lowest BCUT2D eigenvalue weighted by Crippen LogP contribution is -2.42. The van der Waals surface area contributed by atoms with Crippen LogP contribution in [0.1, 0.15) is 41.5 Å². The van der Waals surface area contributed by atoms with Gasteiger partial charge in [-0.25, -0.2) is 4.79 Å². The van der Waals surface area contributed by atoms with Crippen molar-refractivity contribution in [3.8, 4) is 0 Å². The molecule has 3 N–H and O–H groups in total. The topological polar surface area (TPSA) is 100 Å². The second-order valence-corrected chi connectivity index (χ2v) is 6.61. The molecule has 0 fully saturated rings. The van der Waals surface area contributed by atoms with E-state index in [1.165, 1.54) is 6.20 Å². The number of carbonyl (C=O) groups is 2. The highest BCUT2D eigenvalue weighted by Gasteiger charge is 2.24. The number of hydrogen-bond donors (Lipinski definition) is 3. The summed E-state index contributed by atoms with van der Waals surface area (Å²) >= 11 is 0. The van der Waals surface area contributed by atoms with E-state index in [0.717, 1.165) is 16.5 Å². The first kappa shape index (κ1) is 17.7. The molecule has 0 saturated heterocycles. The van der Waals surface area contributed by atoms with Gasteiger partial charge in [-0.1, -0.05) is 18.2 Å². The molecule has 7 nitrogen and oxygen atoms in total. The number of nitrogens with one attached hydrogen (secondary N) is 2. The maximum atomic E-state index is 12.6. The predicted molar refractivity (Wildman–Crippen MR) is 98.2 cm³/mol. The molecule has 0 spiro atoms. The Morgan fingerprint density at radius 3 is 2.69 bits per heavy atom. The van der Waals surface area contributed by atoms with Crippen LogP contribution in [0.2, 0.25) is 0 Å². The quantitative estimate of drug-likeness (QED) is 0.633. The van der Waals surface area contributed by atoms with E-state index in [1.54, 1.807) is 17.8 Å². The number of H-pyrrole nitrogens is 1. The molecule has 1 amide bonds. The van der Waals surface area contributed by atoms with Crippen molar-refractivity contribution in [3.63, 3.8) is 0 Å². The zero-order valence-corrected chi connectivity index (χ0v) is 15.0. The number of para-hydroxylation sites is 1. The highest BCUT2D eigenvalue weighted by Crippen LogP contribution is 2.19. The van der Waals surface area contributed by atoms with Gasteiger partial charge >= 0.3 is 5.97 Å². The lowest BCUT2D eigenvalue weighted by molar-refractivity contribution is -0.139. The number of nitrogens with zero attached hydrogens (tertiary/aromatic N) is 2. The van der Waals surface area contributed by atoms with E-state index < -0.39 is 17.9 Å². The summed E-state index contributed by atoms with van der Waals surface area (Å²) in [5.74, 6) is -1.50. The van der Waals surface area contributed by atoms with Crippen LogP contribution >= 0.6 is 0 Å². The molecule has 2 aromatic heterocycles. The van der Waals surface area contributed by atoms with Crippen molar-refractivity contribution in [2.24, 2.45) is 0 Å². The van der Waals surface area contributed by atoms with Gasteiger partial charge in [0.2, 0.25) is 0 Å². The second-order valence-electron chi connectivity index (χ2n) is 6.61. The predicted octanol–water partition coefficient (Wildman–Crippen LogP) is 2.68. The molecular weight excluding hydrogens is 332 g/mol. The molecule has 0 radical (unpaired) electrons. The van der Waals surface area contributed by atoms with Crippen LogP contribution in [-0.4, -0.2) is 37.8 Å². The molecule has 7 heteroatoms. The average Bonchev–Trinajstić information content (AvgIpc) is 3.18. The fraction of sp³-hybridized carbons (Fsp3) is 0.316. The molecule has 0 bridgehead atoms. The Balaban J connectivity index is 1.81. The van der Waals surface area contributed by atoms with Crippen LogP contribution in [0, 0.1) is 6.92 Å². The Morgan fingerprint density at radius 1 is 1.31 bits per heavy atom. The molecule has 26 heavy (non-hydrogen) atoms. The Morgan fingerprint density at radius 2 is 2.04 bits per heavy atom. The number of carboxylic acids is 1. The monoisotopic (exact) mass is 354 g/mol. The molecule has 0 saturated carbocycles. The molecule has 3 aromatic rings. The van der Waals surface area contributed by atoms with Gasteiger partial charge in [-0.15, -0.1) is 0 Å². The lowest BCUT2D eigenvalue weighted by atomic mass is 10.0. The second kappa shape index (κ2) is 7.03. The molecule has 1 aromatic carbocycles. The van der Waals surface area contributed by atoms with Crippen molar-refractivity contribution in [2.45, 2.75) is 39.3 Å². The fourth-order valence-corrected chi connectivity index (χ4v) is 3.12. The minimum atomic E-state index is -1.07. The van der Waals surface area contributed by atoms with Crippen LogP contribution in [0.25, 0.3) is 10.9 Å². The van der Waals surface area contributed by atoms with Gasteiger partial charge in [0, 0.05) is 35.3 Å². The van der Waals surface area contributed by atoms with Crippen LogP contribution in [0.5, 0.6) is 0 Å². The zero-order valence-electron chi connectivity index (χ0n) is 15.0. The van der Waals surface area contributed by atoms with Crippen molar-refractivity contribution in [2.75, 3.05) is 0 Å². The number of aromatic amines is 1. The summed E-state index contributed by atoms with van der Waals surface area (Å²) in [7, 11) is 0. The number of aromatic nitrogens is 3. The van der Waals surface area contributed by atoms with E-state index in [0.29, 0.717) is 11.3 Å². The van der Waals surface area contributed by atoms with Crippen LogP contribution in [0.3, 0.4) is 0 Å². The molecular formula is C19H22N4O3. The lowest BCUT2D eigenvalue weighted by Gasteiger charge is -2.14. The molecule has 3 rings (SSSR count). The minimum Gasteiger partial charge on any atom is -0.480 e. The third-order valence-corrected chi connectivity index (χ3v) is 4.48. The van der Waals surface area contributed by atoms with Gasteiger partial charge in [-0.2, -0.15) is 5.10 Å². The van der Waals surface area contributed by atoms with Gasteiger partial charge in [-0.05, 0) is 32.4 Å². The first-order valence-electron chi connectivity index (χ1n) is 8.51. The molecule has 0 aliphatic rings. The van der Waals surface area contributed by atoms with Gasteiger partial charge in [0.25, 0.3) is 5.91 Å². The Labute approximate surface area is 151 Å². The first-order chi connectivity index (χ1) is 12.4. The summed E-state index contributed by atoms with van der Waals surface area (Å²) in [6.07, 6.45) is 3.46. The molecule has 1 unspecified atom stereocenters. The summed E-state index contributed by atoms with van der Waals surface area (Å²) in [5, 5.41) is 17.3. The van der Waals surface area contributed by atoms with Gasteiger partial charge in [0.15, 0.2) is 0 Å². The van der Waals surface area contributed by atoms with E-state index in [1.807, 2.05) is 38.1 Å². The first-order valence-corrected chi connectivity index (χ1v) is 8.51. The van der Waals surface area contributed by atoms with Crippen LogP contribution < -0.4 is 5.32 Å². The van der Waals surface area contributed by atoms with E-state index in [9.17, 15) is 14.7 Å². The van der Waals surface area contributed by atoms with Gasteiger partial charge in [0.1, 0.15) is 6.04 Å². The largest absolute Gasteiger partial charge is 0.480 e. The summed E-state index contributed by atoms with van der Waals surface area (Å²) < 4.78 is 1.74. The average molecular weight is 354 g/mol. The van der Waals surface area contributed by atoms with E-state index in [-0.39, 0.29) is 12.5 Å². The fourth-order valence-electron chi connectivity index (χ4n) is 3.12. The number of aliphatic carboxylic acids is 1. The minimum absolute atomic E-state index is 0.123. The van der Waals surface area contributed by atoms with Crippen LogP contribution in [-0.2, 0) is 11.2 Å². The van der Waals surface area contributed by atoms with Gasteiger partial charge in [-0.3, -0.25) is 9.48 Å². The Bertz CT molecular complexity index is 955. The standard InChI is InChI=1S/C19H22N4O3/c1-11(2)23-12(3)15(10-21-23)18(24)22-17(19(25)26)8-13-9-20-16-7-5-4-6-14(13)16/h4-7,9-11,17,20H,8H2,1-3H3,(H,22,24)(H,25,26). The summed E-state index contributed by atoms with van der Waals surface area (Å²) in [5.41, 5.74) is 2.90.